The molecule has 0 N–H and O–H groups in total. The van der Waals surface area contributed by atoms with Crippen LogP contribution in [0, 0.1) is 6.92 Å². The van der Waals surface area contributed by atoms with Crippen molar-refractivity contribution in [2.24, 2.45) is 5.28 Å². The number of nitrogens with zero attached hydrogens (tertiary/aromatic N) is 3. The maximum Gasteiger partial charge on any atom is 0.122 e. The molecule has 0 spiro atoms. The molecule has 0 aliphatic heterocycles. The molecule has 4 nitrogen and oxygen atoms in total. The molecule has 0 radical (unpaired) electrons. The van der Waals surface area contributed by atoms with Gasteiger partial charge in [0.2, 0.25) is 0 Å². The highest BCUT2D eigenvalue weighted by atomic mass is 16.6. The number of aryl methyl sites for hydroxylation is 1. The fourth-order valence-corrected chi connectivity index (χ4v) is 0.931. The summed E-state index contributed by atoms with van der Waals surface area (Å²) in [7, 11) is 0. The molecule has 1 aromatic rings. The Balaban J connectivity index is 2.57. The van der Waals surface area contributed by atoms with Crippen LogP contribution in [0.4, 0.5) is 0 Å². The minimum absolute atomic E-state index is 0.325. The molecule has 0 bridgehead atoms. The average Bonchev–Trinajstić information content (AvgIpc) is 2.05. The fourth-order valence-electron chi connectivity index (χ4n) is 0.931. The number of azide groups is 1. The molecule has 0 amide bonds. The summed E-state index contributed by atoms with van der Waals surface area (Å²) in [6.45, 7) is 2.32. The van der Waals surface area contributed by atoms with Crippen LogP contribution < -0.4 is 0 Å². The van der Waals surface area contributed by atoms with Crippen molar-refractivity contribution in [3.05, 3.63) is 45.8 Å². The summed E-state index contributed by atoms with van der Waals surface area (Å²) >= 11 is 0. The van der Waals surface area contributed by atoms with E-state index in [1.54, 1.807) is 0 Å². The van der Waals surface area contributed by atoms with E-state index in [1.807, 2.05) is 31.2 Å². The summed E-state index contributed by atoms with van der Waals surface area (Å²) in [5.41, 5.74) is 10.1. The number of hydrogen-bond acceptors (Lipinski definition) is 2. The summed E-state index contributed by atoms with van der Waals surface area (Å²) in [5, 5.41) is 2.98. The van der Waals surface area contributed by atoms with Crippen molar-refractivity contribution in [2.45, 2.75) is 13.5 Å². The smallest absolute Gasteiger partial charge is 0.122 e. The third-order valence-corrected chi connectivity index (χ3v) is 1.41. The van der Waals surface area contributed by atoms with Crippen molar-refractivity contribution in [2.75, 3.05) is 0 Å². The third-order valence-electron chi connectivity index (χ3n) is 1.41. The normalized spacial score (nSPS) is 8.75. The lowest BCUT2D eigenvalue weighted by atomic mass is 10.1. The van der Waals surface area contributed by atoms with Gasteiger partial charge in [-0.3, -0.25) is 0 Å². The molecule has 0 aromatic heterocycles. The van der Waals surface area contributed by atoms with Crippen LogP contribution in [0.1, 0.15) is 11.1 Å². The van der Waals surface area contributed by atoms with Gasteiger partial charge in [-0.15, -0.1) is 0 Å². The molecule has 0 unspecified atom stereocenters. The lowest BCUT2D eigenvalue weighted by Crippen LogP contribution is -1.85. The molecule has 0 fully saturated rings. The highest BCUT2D eigenvalue weighted by Gasteiger charge is 1.91. The molecule has 0 atom stereocenters. The maximum absolute atomic E-state index is 7.93. The molecule has 0 saturated carbocycles. The second-order valence-corrected chi connectivity index (χ2v) is 2.43. The molecule has 0 saturated heterocycles. The first-order chi connectivity index (χ1) is 5.83. The van der Waals surface area contributed by atoms with E-state index < -0.39 is 0 Å². The Morgan fingerprint density at radius 2 is 2.42 bits per heavy atom. The Morgan fingerprint density at radius 1 is 1.58 bits per heavy atom. The number of rotatable bonds is 3. The van der Waals surface area contributed by atoms with Gasteiger partial charge in [0.15, 0.2) is 0 Å². The van der Waals surface area contributed by atoms with E-state index in [-0.39, 0.29) is 0 Å². The fraction of sp³-hybridized carbons (Fsp3) is 0.250. The van der Waals surface area contributed by atoms with Crippen LogP contribution in [0.15, 0.2) is 29.5 Å². The van der Waals surface area contributed by atoms with Crippen molar-refractivity contribution in [1.82, 2.24) is 0 Å². The molecule has 4 heteroatoms. The molecule has 62 valence electrons. The third kappa shape index (κ3) is 2.52. The van der Waals surface area contributed by atoms with Gasteiger partial charge in [0, 0.05) is 4.91 Å². The summed E-state index contributed by atoms with van der Waals surface area (Å²) < 4.78 is 0. The van der Waals surface area contributed by atoms with Gasteiger partial charge < -0.3 is 4.84 Å². The minimum atomic E-state index is 0.325. The van der Waals surface area contributed by atoms with Crippen molar-refractivity contribution in [3.63, 3.8) is 0 Å². The average molecular weight is 163 g/mol. The summed E-state index contributed by atoms with van der Waals surface area (Å²) in [5.74, 6) is 0. The van der Waals surface area contributed by atoms with E-state index in [2.05, 4.69) is 15.0 Å². The molecule has 1 rings (SSSR count). The maximum atomic E-state index is 7.93. The topological polar surface area (TPSA) is 58.0 Å². The van der Waals surface area contributed by atoms with E-state index >= 15 is 0 Å². The van der Waals surface area contributed by atoms with Gasteiger partial charge in [-0.25, -0.2) is 0 Å². The second kappa shape index (κ2) is 4.26. The first kappa shape index (κ1) is 8.43. The number of benzene rings is 1. The van der Waals surface area contributed by atoms with E-state index in [0.29, 0.717) is 6.61 Å². The van der Waals surface area contributed by atoms with Crippen molar-refractivity contribution in [3.8, 4) is 0 Å². The van der Waals surface area contributed by atoms with E-state index in [0.717, 1.165) is 11.1 Å². The Hall–Kier alpha value is -1.67. The zero-order chi connectivity index (χ0) is 8.81. The zero-order valence-corrected chi connectivity index (χ0v) is 6.77. The molecule has 0 heterocycles. The second-order valence-electron chi connectivity index (χ2n) is 2.43. The van der Waals surface area contributed by atoms with Crippen molar-refractivity contribution in [1.29, 1.82) is 0 Å². The first-order valence-electron chi connectivity index (χ1n) is 3.55. The lowest BCUT2D eigenvalue weighted by molar-refractivity contribution is 0.124. The van der Waals surface area contributed by atoms with Crippen molar-refractivity contribution >= 4 is 0 Å². The predicted octanol–water partition coefficient (Wildman–Crippen LogP) is 2.74. The van der Waals surface area contributed by atoms with Crippen LogP contribution in [-0.4, -0.2) is 0 Å². The molecule has 12 heavy (non-hydrogen) atoms. The molecule has 0 aliphatic rings. The van der Waals surface area contributed by atoms with E-state index in [1.165, 1.54) is 0 Å². The Morgan fingerprint density at radius 3 is 3.08 bits per heavy atom. The minimum Gasteiger partial charge on any atom is -0.429 e. The lowest BCUT2D eigenvalue weighted by Gasteiger charge is -1.99. The van der Waals surface area contributed by atoms with Gasteiger partial charge >= 0.3 is 0 Å². The number of hydrogen-bond donors (Lipinski definition) is 0. The standard InChI is InChI=1S/C8H9N3O/c1-7-3-2-4-8(5-7)6-12-11-10-9/h2-5H,6H2,1H3. The SMILES string of the molecule is Cc1cccc(CON=[N+]=[N-])c1. The van der Waals surface area contributed by atoms with E-state index in [4.69, 9.17) is 5.53 Å². The highest BCUT2D eigenvalue weighted by Crippen LogP contribution is 2.05. The van der Waals surface area contributed by atoms with E-state index in [9.17, 15) is 0 Å². The van der Waals surface area contributed by atoms with Crippen LogP contribution >= 0.6 is 0 Å². The quantitative estimate of drug-likeness (QED) is 0.292. The van der Waals surface area contributed by atoms with Crippen LogP contribution in [0.5, 0.6) is 0 Å². The van der Waals surface area contributed by atoms with Crippen LogP contribution in [0.2, 0.25) is 0 Å². The summed E-state index contributed by atoms with van der Waals surface area (Å²) in [6, 6.07) is 7.83. The van der Waals surface area contributed by atoms with Gasteiger partial charge in [-0.05, 0) is 18.0 Å². The summed E-state index contributed by atoms with van der Waals surface area (Å²) in [4.78, 5) is 7.11. The molecule has 1 aromatic carbocycles. The molecular weight excluding hydrogens is 154 g/mol. The van der Waals surface area contributed by atoms with Gasteiger partial charge in [0.25, 0.3) is 0 Å². The Labute approximate surface area is 70.4 Å². The van der Waals surface area contributed by atoms with Crippen LogP contribution in [0.25, 0.3) is 10.4 Å². The van der Waals surface area contributed by atoms with Gasteiger partial charge in [0.1, 0.15) is 11.9 Å². The van der Waals surface area contributed by atoms with Crippen LogP contribution in [-0.2, 0) is 11.4 Å². The zero-order valence-electron chi connectivity index (χ0n) is 6.77. The highest BCUT2D eigenvalue weighted by molar-refractivity contribution is 5.21. The van der Waals surface area contributed by atoms with Gasteiger partial charge in [-0.1, -0.05) is 29.8 Å². The Kier molecular flexibility index (Phi) is 2.99. The molecule has 0 aliphatic carbocycles. The van der Waals surface area contributed by atoms with Crippen LogP contribution in [0.3, 0.4) is 0 Å². The molecular formula is C8H9N3O. The van der Waals surface area contributed by atoms with Gasteiger partial charge in [0.05, 0.1) is 0 Å². The predicted molar refractivity (Wildman–Crippen MR) is 45.1 cm³/mol. The first-order valence-corrected chi connectivity index (χ1v) is 3.55. The monoisotopic (exact) mass is 163 g/mol. The Bertz CT molecular complexity index is 305. The summed E-state index contributed by atoms with van der Waals surface area (Å²) in [6.07, 6.45) is 0. The largest absolute Gasteiger partial charge is 0.429 e. The van der Waals surface area contributed by atoms with Gasteiger partial charge in [-0.2, -0.15) is 0 Å². The van der Waals surface area contributed by atoms with Crippen molar-refractivity contribution < 1.29 is 4.84 Å².